The van der Waals surface area contributed by atoms with Crippen LogP contribution < -0.4 is 4.90 Å². The van der Waals surface area contributed by atoms with Gasteiger partial charge >= 0.3 is 11.9 Å². The largest absolute Gasteiger partial charge is 0.460 e. The van der Waals surface area contributed by atoms with Crippen molar-refractivity contribution in [2.75, 3.05) is 32.3 Å². The number of nitrogens with zero attached hydrogens (tertiary/aromatic N) is 2. The van der Waals surface area contributed by atoms with E-state index in [4.69, 9.17) is 9.47 Å². The Hall–Kier alpha value is -2.51. The van der Waals surface area contributed by atoms with Crippen LogP contribution in [0.15, 0.2) is 58.3 Å². The monoisotopic (exact) mass is 513 g/mol. The third-order valence-corrected chi connectivity index (χ3v) is 7.76. The minimum atomic E-state index is -0.776. The summed E-state index contributed by atoms with van der Waals surface area (Å²) in [6.45, 7) is 12.4. The lowest BCUT2D eigenvalue weighted by atomic mass is 9.88. The Bertz CT molecular complexity index is 1050. The van der Waals surface area contributed by atoms with Gasteiger partial charge in [-0.05, 0) is 72.2 Å². The molecule has 0 aromatic heterocycles. The van der Waals surface area contributed by atoms with Gasteiger partial charge < -0.3 is 14.4 Å². The SMILES string of the molecule is CC(CN1c2ccccc2Sc2ccccc21)[N+](C)(C)COC(=O)C(C)(C)CCC(=O)OC(C)(C)C. The summed E-state index contributed by atoms with van der Waals surface area (Å²) in [5.74, 6) is -0.595. The van der Waals surface area contributed by atoms with Crippen LogP contribution in [0, 0.1) is 5.41 Å². The summed E-state index contributed by atoms with van der Waals surface area (Å²) < 4.78 is 11.7. The standard InChI is InChI=1S/C29H41N2O4S/c1-21(19-30-22-13-9-11-15-24(22)36-25-16-12-10-14-23(25)30)31(7,8)20-34-27(33)29(5,6)18-17-26(32)35-28(2,3)4/h9-16,21H,17-20H2,1-8H3/q+1. The molecule has 1 aliphatic rings. The van der Waals surface area contributed by atoms with E-state index >= 15 is 0 Å². The van der Waals surface area contributed by atoms with Crippen molar-refractivity contribution in [1.29, 1.82) is 0 Å². The summed E-state index contributed by atoms with van der Waals surface area (Å²) >= 11 is 1.80. The molecule has 2 aromatic carbocycles. The minimum Gasteiger partial charge on any atom is -0.460 e. The first kappa shape index (κ1) is 28.1. The molecule has 36 heavy (non-hydrogen) atoms. The summed E-state index contributed by atoms with van der Waals surface area (Å²) in [5, 5.41) is 0. The first-order chi connectivity index (χ1) is 16.7. The Morgan fingerprint density at radius 1 is 0.944 bits per heavy atom. The third-order valence-electron chi connectivity index (χ3n) is 6.63. The van der Waals surface area contributed by atoms with E-state index < -0.39 is 11.0 Å². The number of ether oxygens (including phenoxy) is 2. The highest BCUT2D eigenvalue weighted by molar-refractivity contribution is 7.99. The average Bonchev–Trinajstić information content (AvgIpc) is 2.80. The second-order valence-corrected chi connectivity index (χ2v) is 12.9. The van der Waals surface area contributed by atoms with Gasteiger partial charge in [0.05, 0.1) is 37.4 Å². The van der Waals surface area contributed by atoms with E-state index in [9.17, 15) is 9.59 Å². The molecule has 0 radical (unpaired) electrons. The van der Waals surface area contributed by atoms with Gasteiger partial charge in [-0.2, -0.15) is 0 Å². The van der Waals surface area contributed by atoms with E-state index in [0.29, 0.717) is 10.9 Å². The molecular weight excluding hydrogens is 472 g/mol. The van der Waals surface area contributed by atoms with Crippen molar-refractivity contribution < 1.29 is 23.5 Å². The highest BCUT2D eigenvalue weighted by atomic mass is 32.2. The molecule has 196 valence electrons. The van der Waals surface area contributed by atoms with Gasteiger partial charge in [-0.25, -0.2) is 0 Å². The molecular formula is C29H41N2O4S+. The van der Waals surface area contributed by atoms with Crippen LogP contribution in [-0.2, 0) is 19.1 Å². The van der Waals surface area contributed by atoms with E-state index in [2.05, 4.69) is 74.4 Å². The van der Waals surface area contributed by atoms with Gasteiger partial charge in [-0.3, -0.25) is 14.1 Å². The number of hydrogen-bond donors (Lipinski definition) is 0. The Labute approximate surface area is 220 Å². The fourth-order valence-electron chi connectivity index (χ4n) is 3.92. The van der Waals surface area contributed by atoms with Crippen LogP contribution in [0.25, 0.3) is 0 Å². The van der Waals surface area contributed by atoms with Crippen LogP contribution in [0.4, 0.5) is 11.4 Å². The number of likely N-dealkylation sites (N-methyl/N-ethyl adjacent to an activating group) is 1. The van der Waals surface area contributed by atoms with Crippen LogP contribution >= 0.6 is 11.8 Å². The highest BCUT2D eigenvalue weighted by Gasteiger charge is 2.35. The fourth-order valence-corrected chi connectivity index (χ4v) is 5.02. The Morgan fingerprint density at radius 3 is 2.00 bits per heavy atom. The summed E-state index contributed by atoms with van der Waals surface area (Å²) in [7, 11) is 4.17. The predicted octanol–water partition coefficient (Wildman–Crippen LogP) is 6.40. The zero-order valence-electron chi connectivity index (χ0n) is 23.0. The number of anilines is 2. The second kappa shape index (κ2) is 10.9. The number of hydrogen-bond acceptors (Lipinski definition) is 6. The minimum absolute atomic E-state index is 0.173. The molecule has 0 amide bonds. The number of fused-ring (bicyclic) bond motifs is 2. The van der Waals surface area contributed by atoms with Crippen molar-refractivity contribution in [1.82, 2.24) is 0 Å². The summed E-state index contributed by atoms with van der Waals surface area (Å²) in [6.07, 6.45) is 0.558. The molecule has 0 bridgehead atoms. The van der Waals surface area contributed by atoms with E-state index in [-0.39, 0.29) is 31.1 Å². The Balaban J connectivity index is 1.63. The molecule has 0 saturated heterocycles. The number of para-hydroxylation sites is 2. The van der Waals surface area contributed by atoms with E-state index in [1.54, 1.807) is 11.8 Å². The topological polar surface area (TPSA) is 55.8 Å². The Morgan fingerprint density at radius 2 is 1.47 bits per heavy atom. The zero-order chi connectivity index (χ0) is 26.7. The van der Waals surface area contributed by atoms with Gasteiger partial charge in [0.1, 0.15) is 11.6 Å². The van der Waals surface area contributed by atoms with Gasteiger partial charge in [-0.1, -0.05) is 36.0 Å². The Kier molecular flexibility index (Phi) is 8.46. The molecule has 0 aliphatic carbocycles. The second-order valence-electron chi connectivity index (χ2n) is 11.8. The average molecular weight is 514 g/mol. The van der Waals surface area contributed by atoms with Gasteiger partial charge in [0.25, 0.3) is 0 Å². The summed E-state index contributed by atoms with van der Waals surface area (Å²) in [5.41, 5.74) is 1.09. The normalized spacial score (nSPS) is 14.5. The van der Waals surface area contributed by atoms with Gasteiger partial charge in [0.15, 0.2) is 0 Å². The number of benzene rings is 2. The van der Waals surface area contributed by atoms with Crippen LogP contribution in [0.5, 0.6) is 0 Å². The van der Waals surface area contributed by atoms with E-state index in [1.807, 2.05) is 34.6 Å². The van der Waals surface area contributed by atoms with Crippen molar-refractivity contribution >= 4 is 35.1 Å². The van der Waals surface area contributed by atoms with E-state index in [0.717, 1.165) is 6.54 Å². The maximum atomic E-state index is 13.0. The lowest BCUT2D eigenvalue weighted by Crippen LogP contribution is -2.54. The molecule has 3 rings (SSSR count). The maximum Gasteiger partial charge on any atom is 0.315 e. The number of carbonyl (C=O) groups is 2. The number of quaternary nitrogens is 1. The van der Waals surface area contributed by atoms with Gasteiger partial charge in [0.2, 0.25) is 6.73 Å². The predicted molar refractivity (Wildman–Crippen MR) is 145 cm³/mol. The molecule has 1 aliphatic heterocycles. The molecule has 6 nitrogen and oxygen atoms in total. The molecule has 0 spiro atoms. The highest BCUT2D eigenvalue weighted by Crippen LogP contribution is 2.48. The lowest BCUT2D eigenvalue weighted by Gasteiger charge is -2.40. The van der Waals surface area contributed by atoms with Crippen LogP contribution in [0.1, 0.15) is 54.4 Å². The van der Waals surface area contributed by atoms with Crippen LogP contribution in [0.2, 0.25) is 0 Å². The molecule has 1 heterocycles. The van der Waals surface area contributed by atoms with Crippen LogP contribution in [-0.4, -0.2) is 55.4 Å². The zero-order valence-corrected chi connectivity index (χ0v) is 23.8. The maximum absolute atomic E-state index is 13.0. The van der Waals surface area contributed by atoms with Crippen molar-refractivity contribution in [3.05, 3.63) is 48.5 Å². The van der Waals surface area contributed by atoms with Crippen molar-refractivity contribution in [2.24, 2.45) is 5.41 Å². The van der Waals surface area contributed by atoms with Gasteiger partial charge in [-0.15, -0.1) is 0 Å². The van der Waals surface area contributed by atoms with E-state index in [1.165, 1.54) is 21.2 Å². The number of rotatable bonds is 9. The van der Waals surface area contributed by atoms with Crippen LogP contribution in [0.3, 0.4) is 0 Å². The van der Waals surface area contributed by atoms with Crippen molar-refractivity contribution in [3.63, 3.8) is 0 Å². The number of carbonyl (C=O) groups excluding carboxylic acids is 2. The quantitative estimate of drug-likeness (QED) is 0.220. The summed E-state index contributed by atoms with van der Waals surface area (Å²) in [4.78, 5) is 29.9. The molecule has 0 fully saturated rings. The number of esters is 2. The van der Waals surface area contributed by atoms with Crippen molar-refractivity contribution in [2.45, 2.75) is 75.8 Å². The van der Waals surface area contributed by atoms with Gasteiger partial charge in [0, 0.05) is 16.2 Å². The molecule has 0 saturated carbocycles. The molecule has 7 heteroatoms. The third kappa shape index (κ3) is 7.04. The molecule has 0 N–H and O–H groups in total. The fraction of sp³-hybridized carbons (Fsp3) is 0.517. The summed E-state index contributed by atoms with van der Waals surface area (Å²) in [6, 6.07) is 17.1. The lowest BCUT2D eigenvalue weighted by molar-refractivity contribution is -0.927. The smallest absolute Gasteiger partial charge is 0.315 e. The molecule has 1 unspecified atom stereocenters. The van der Waals surface area contributed by atoms with Crippen molar-refractivity contribution in [3.8, 4) is 0 Å². The first-order valence-electron chi connectivity index (χ1n) is 12.5. The molecule has 1 atom stereocenters. The molecule has 2 aromatic rings. The first-order valence-corrected chi connectivity index (χ1v) is 13.4.